The van der Waals surface area contributed by atoms with Crippen LogP contribution in [0.1, 0.15) is 13.3 Å². The van der Waals surface area contributed by atoms with E-state index in [1.54, 1.807) is 9.13 Å². The van der Waals surface area contributed by atoms with E-state index in [4.69, 9.17) is 10.2 Å². The second-order valence-electron chi connectivity index (χ2n) is 5.12. The van der Waals surface area contributed by atoms with Crippen LogP contribution in [0.3, 0.4) is 0 Å². The molecule has 132 valence electrons. The fourth-order valence-electron chi connectivity index (χ4n) is 2.09. The number of rotatable bonds is 7. The Morgan fingerprint density at radius 1 is 1.12 bits per heavy atom. The summed E-state index contributed by atoms with van der Waals surface area (Å²) >= 11 is 0. The largest absolute Gasteiger partial charge is 0.395 e. The molecule has 0 atom stereocenters. The number of hydrogen-bond donors (Lipinski definition) is 2. The van der Waals surface area contributed by atoms with Crippen LogP contribution >= 0.6 is 0 Å². The Morgan fingerprint density at radius 3 is 2.72 bits per heavy atom. The molecule has 0 saturated carbocycles. The van der Waals surface area contributed by atoms with Crippen molar-refractivity contribution in [2.24, 2.45) is 20.4 Å². The van der Waals surface area contributed by atoms with Crippen molar-refractivity contribution in [2.45, 2.75) is 26.4 Å². The van der Waals surface area contributed by atoms with Crippen molar-refractivity contribution in [3.8, 4) is 0 Å². The van der Waals surface area contributed by atoms with Gasteiger partial charge in [0.2, 0.25) is 0 Å². The molecular formula is C17H23N6O2+. The van der Waals surface area contributed by atoms with E-state index in [9.17, 15) is 0 Å². The van der Waals surface area contributed by atoms with E-state index in [0.717, 1.165) is 0 Å². The highest BCUT2D eigenvalue weighted by Crippen LogP contribution is 2.05. The van der Waals surface area contributed by atoms with E-state index in [2.05, 4.69) is 20.4 Å². The molecule has 2 aromatic rings. The van der Waals surface area contributed by atoms with Gasteiger partial charge in [-0.3, -0.25) is 0 Å². The zero-order valence-corrected chi connectivity index (χ0v) is 14.2. The minimum atomic E-state index is 0.0279. The van der Waals surface area contributed by atoms with Gasteiger partial charge in [0.15, 0.2) is 11.3 Å². The van der Waals surface area contributed by atoms with E-state index < -0.39 is 0 Å². The SMILES string of the molecule is CCC(N=Nc1cccc[n+]1CCO)=NN=c1ccccn1CCO. The number of aliphatic hydroxyl groups is 2. The first-order chi connectivity index (χ1) is 12.3. The zero-order valence-electron chi connectivity index (χ0n) is 14.2. The van der Waals surface area contributed by atoms with Crippen LogP contribution in [0.15, 0.2) is 69.2 Å². The standard InChI is InChI=1S/C17H23N6O2/c1-2-15(18-20-16-7-3-5-9-22(16)11-13-24)19-21-17-8-4-6-10-23(17)12-14-25/h3-10,24-25H,2,11-14H2,1H3/q+1. The Kier molecular flexibility index (Phi) is 7.61. The molecule has 0 aromatic carbocycles. The first-order valence-electron chi connectivity index (χ1n) is 8.16. The quantitative estimate of drug-likeness (QED) is 0.259. The fraction of sp³-hybridized carbons (Fsp3) is 0.353. The Bertz CT molecular complexity index is 797. The van der Waals surface area contributed by atoms with Gasteiger partial charge in [-0.25, -0.2) is 4.57 Å². The number of pyridine rings is 2. The second kappa shape index (κ2) is 10.2. The van der Waals surface area contributed by atoms with Crippen molar-refractivity contribution in [1.82, 2.24) is 4.57 Å². The first kappa shape index (κ1) is 18.6. The van der Waals surface area contributed by atoms with Gasteiger partial charge in [0, 0.05) is 25.2 Å². The van der Waals surface area contributed by atoms with E-state index in [-0.39, 0.29) is 13.2 Å². The molecule has 2 rings (SSSR count). The highest BCUT2D eigenvalue weighted by molar-refractivity contribution is 5.82. The van der Waals surface area contributed by atoms with E-state index >= 15 is 0 Å². The van der Waals surface area contributed by atoms with Crippen LogP contribution in [0, 0.1) is 0 Å². The molecule has 0 aliphatic rings. The summed E-state index contributed by atoms with van der Waals surface area (Å²) in [7, 11) is 0. The van der Waals surface area contributed by atoms with Crippen LogP contribution in [0.5, 0.6) is 0 Å². The summed E-state index contributed by atoms with van der Waals surface area (Å²) in [4.78, 5) is 0. The molecule has 0 radical (unpaired) electrons. The Labute approximate surface area is 146 Å². The number of azo groups is 1. The smallest absolute Gasteiger partial charge is 0.350 e. The third-order valence-electron chi connectivity index (χ3n) is 3.37. The van der Waals surface area contributed by atoms with Gasteiger partial charge in [-0.1, -0.05) is 19.1 Å². The van der Waals surface area contributed by atoms with Crippen LogP contribution < -0.4 is 10.1 Å². The van der Waals surface area contributed by atoms with Gasteiger partial charge >= 0.3 is 5.82 Å². The number of aliphatic hydroxyl groups excluding tert-OH is 2. The molecule has 0 amide bonds. The van der Waals surface area contributed by atoms with Crippen molar-refractivity contribution < 1.29 is 14.8 Å². The van der Waals surface area contributed by atoms with Gasteiger partial charge in [0.1, 0.15) is 6.54 Å². The predicted molar refractivity (Wildman–Crippen MR) is 93.0 cm³/mol. The lowest BCUT2D eigenvalue weighted by atomic mass is 10.4. The van der Waals surface area contributed by atoms with E-state index in [0.29, 0.717) is 36.7 Å². The summed E-state index contributed by atoms with van der Waals surface area (Å²) < 4.78 is 3.61. The maximum Gasteiger partial charge on any atom is 0.350 e. The predicted octanol–water partition coefficient (Wildman–Crippen LogP) is 1.17. The molecule has 0 spiro atoms. The molecule has 25 heavy (non-hydrogen) atoms. The van der Waals surface area contributed by atoms with Gasteiger partial charge in [-0.05, 0) is 23.3 Å². The van der Waals surface area contributed by atoms with Crippen molar-refractivity contribution in [1.29, 1.82) is 0 Å². The monoisotopic (exact) mass is 343 g/mol. The molecule has 2 N–H and O–H groups in total. The normalized spacial score (nSPS) is 12.9. The van der Waals surface area contributed by atoms with Crippen molar-refractivity contribution in [3.63, 3.8) is 0 Å². The lowest BCUT2D eigenvalue weighted by Crippen LogP contribution is -2.35. The average molecular weight is 343 g/mol. The summed E-state index contributed by atoms with van der Waals surface area (Å²) in [5.74, 6) is 1.12. The molecule has 0 aliphatic heterocycles. The number of hydrogen-bond acceptors (Lipinski definition) is 5. The summed E-state index contributed by atoms with van der Waals surface area (Å²) in [6.45, 7) is 2.87. The van der Waals surface area contributed by atoms with Crippen LogP contribution in [0.4, 0.5) is 5.82 Å². The number of aromatic nitrogens is 2. The van der Waals surface area contributed by atoms with Gasteiger partial charge in [-0.15, -0.1) is 10.2 Å². The maximum atomic E-state index is 9.10. The Morgan fingerprint density at radius 2 is 1.96 bits per heavy atom. The van der Waals surface area contributed by atoms with Crippen LogP contribution in [-0.4, -0.2) is 33.8 Å². The summed E-state index contributed by atoms with van der Waals surface area (Å²) in [5, 5.41) is 34.9. The Balaban J connectivity index is 2.26. The molecule has 0 saturated heterocycles. The molecule has 8 nitrogen and oxygen atoms in total. The van der Waals surface area contributed by atoms with Crippen LogP contribution in [-0.2, 0) is 13.1 Å². The third-order valence-corrected chi connectivity index (χ3v) is 3.37. The van der Waals surface area contributed by atoms with Gasteiger partial charge in [-0.2, -0.15) is 0 Å². The maximum absolute atomic E-state index is 9.10. The molecule has 0 unspecified atom stereocenters. The summed E-state index contributed by atoms with van der Waals surface area (Å²) in [5.41, 5.74) is 0.632. The molecule has 2 heterocycles. The highest BCUT2D eigenvalue weighted by Gasteiger charge is 2.08. The lowest BCUT2D eigenvalue weighted by molar-refractivity contribution is -0.685. The molecule has 8 heteroatoms. The average Bonchev–Trinajstić information content (AvgIpc) is 2.64. The number of nitrogens with zero attached hydrogens (tertiary/aromatic N) is 6. The zero-order chi connectivity index (χ0) is 17.9. The van der Waals surface area contributed by atoms with Crippen LogP contribution in [0.2, 0.25) is 0 Å². The topological polar surface area (TPSA) is 98.7 Å². The number of amidine groups is 1. The van der Waals surface area contributed by atoms with Crippen molar-refractivity contribution in [2.75, 3.05) is 13.2 Å². The summed E-state index contributed by atoms with van der Waals surface area (Å²) in [6, 6.07) is 11.1. The van der Waals surface area contributed by atoms with E-state index in [1.165, 1.54) is 0 Å². The van der Waals surface area contributed by atoms with Gasteiger partial charge in [0.05, 0.1) is 24.5 Å². The summed E-state index contributed by atoms with van der Waals surface area (Å²) in [6.07, 6.45) is 4.24. The molecule has 0 fully saturated rings. The minimum absolute atomic E-state index is 0.0279. The lowest BCUT2D eigenvalue weighted by Gasteiger charge is -2.02. The van der Waals surface area contributed by atoms with Crippen molar-refractivity contribution >= 4 is 11.7 Å². The van der Waals surface area contributed by atoms with Crippen LogP contribution in [0.25, 0.3) is 0 Å². The van der Waals surface area contributed by atoms with Gasteiger partial charge < -0.3 is 14.8 Å². The fourth-order valence-corrected chi connectivity index (χ4v) is 2.09. The molecule has 0 aliphatic carbocycles. The minimum Gasteiger partial charge on any atom is -0.395 e. The Hall–Kier alpha value is -2.71. The first-order valence-corrected chi connectivity index (χ1v) is 8.16. The van der Waals surface area contributed by atoms with E-state index in [1.807, 2.05) is 55.7 Å². The highest BCUT2D eigenvalue weighted by atomic mass is 16.3. The van der Waals surface area contributed by atoms with Crippen molar-refractivity contribution in [3.05, 3.63) is 54.3 Å². The second-order valence-corrected chi connectivity index (χ2v) is 5.12. The molecular weight excluding hydrogens is 320 g/mol. The van der Waals surface area contributed by atoms with Gasteiger partial charge in [0.25, 0.3) is 0 Å². The third kappa shape index (κ3) is 5.70. The molecule has 2 aromatic heterocycles. The molecule has 0 bridgehead atoms.